The van der Waals surface area contributed by atoms with Crippen molar-refractivity contribution >= 4 is 24.0 Å². The highest BCUT2D eigenvalue weighted by molar-refractivity contribution is 5.99. The van der Waals surface area contributed by atoms with E-state index < -0.39 is 24.0 Å². The number of aromatic nitrogens is 1. The number of carbonyl (C=O) groups is 3. The first-order chi connectivity index (χ1) is 14.0. The van der Waals surface area contributed by atoms with Crippen LogP contribution in [0.3, 0.4) is 0 Å². The van der Waals surface area contributed by atoms with Crippen LogP contribution in [-0.2, 0) is 20.9 Å². The lowest BCUT2D eigenvalue weighted by atomic mass is 10.2. The van der Waals surface area contributed by atoms with Crippen molar-refractivity contribution < 1.29 is 23.9 Å². The van der Waals surface area contributed by atoms with Gasteiger partial charge in [0.1, 0.15) is 12.4 Å². The zero-order chi connectivity index (χ0) is 20.6. The van der Waals surface area contributed by atoms with Crippen molar-refractivity contribution in [1.29, 1.82) is 0 Å². The maximum absolute atomic E-state index is 12.1. The number of urea groups is 1. The van der Waals surface area contributed by atoms with Gasteiger partial charge in [-0.2, -0.15) is 0 Å². The van der Waals surface area contributed by atoms with Gasteiger partial charge in [0.2, 0.25) is 0 Å². The molecule has 1 aliphatic heterocycles. The molecule has 0 bridgehead atoms. The number of benzene rings is 1. The number of imide groups is 1. The number of carbonyl (C=O) groups excluding carboxylic acids is 3. The van der Waals surface area contributed by atoms with E-state index in [1.165, 1.54) is 13.0 Å². The smallest absolute Gasteiger partial charge is 0.331 e. The molecule has 2 aromatic rings. The number of hydrogen-bond donors (Lipinski definition) is 1. The van der Waals surface area contributed by atoms with Crippen molar-refractivity contribution in [3.05, 3.63) is 66.0 Å². The van der Waals surface area contributed by atoms with Crippen LogP contribution in [0.2, 0.25) is 0 Å². The Morgan fingerprint density at radius 1 is 1.24 bits per heavy atom. The summed E-state index contributed by atoms with van der Waals surface area (Å²) in [6.45, 7) is 2.47. The van der Waals surface area contributed by atoms with Crippen LogP contribution in [0.25, 0.3) is 6.08 Å². The molecule has 8 heteroatoms. The number of nitrogens with one attached hydrogen (secondary N) is 1. The van der Waals surface area contributed by atoms with Crippen molar-refractivity contribution in [2.45, 2.75) is 19.6 Å². The molecular weight excluding hydrogens is 374 g/mol. The average Bonchev–Trinajstić information content (AvgIpc) is 3.17. The molecule has 1 unspecified atom stereocenters. The maximum Gasteiger partial charge on any atom is 0.331 e. The zero-order valence-electron chi connectivity index (χ0n) is 15.9. The summed E-state index contributed by atoms with van der Waals surface area (Å²) in [5, 5.41) is 2.53. The van der Waals surface area contributed by atoms with Crippen molar-refractivity contribution in [3.63, 3.8) is 0 Å². The molecule has 1 aromatic heterocycles. The van der Waals surface area contributed by atoms with Gasteiger partial charge in [0.15, 0.2) is 6.10 Å². The number of esters is 1. The van der Waals surface area contributed by atoms with Gasteiger partial charge >= 0.3 is 12.0 Å². The third-order valence-corrected chi connectivity index (χ3v) is 4.17. The SMILES string of the molecule is CC(OC(=O)C=Cc1ccc(OCc2ccccn2)cc1)C(=O)N1CCNC1=O. The minimum Gasteiger partial charge on any atom is -0.487 e. The van der Waals surface area contributed by atoms with Crippen LogP contribution in [-0.4, -0.2) is 47.0 Å². The van der Waals surface area contributed by atoms with E-state index in [4.69, 9.17) is 9.47 Å². The summed E-state index contributed by atoms with van der Waals surface area (Å²) >= 11 is 0. The Balaban J connectivity index is 1.48. The topological polar surface area (TPSA) is 97.8 Å². The number of pyridine rings is 1. The minimum atomic E-state index is -1.04. The van der Waals surface area contributed by atoms with Crippen LogP contribution < -0.4 is 10.1 Å². The Hall–Kier alpha value is -3.68. The molecule has 1 saturated heterocycles. The van der Waals surface area contributed by atoms with Crippen LogP contribution in [0.1, 0.15) is 18.2 Å². The Kier molecular flexibility index (Phi) is 6.57. The largest absolute Gasteiger partial charge is 0.487 e. The Morgan fingerprint density at radius 3 is 2.69 bits per heavy atom. The maximum atomic E-state index is 12.1. The Labute approximate surface area is 168 Å². The molecule has 1 fully saturated rings. The first-order valence-corrected chi connectivity index (χ1v) is 9.13. The highest BCUT2D eigenvalue weighted by Crippen LogP contribution is 2.15. The molecule has 1 atom stereocenters. The lowest BCUT2D eigenvalue weighted by Crippen LogP contribution is -2.41. The van der Waals surface area contributed by atoms with Gasteiger partial charge in [-0.3, -0.25) is 14.7 Å². The lowest BCUT2D eigenvalue weighted by molar-refractivity contribution is -0.153. The summed E-state index contributed by atoms with van der Waals surface area (Å²) in [6, 6.07) is 12.3. The third kappa shape index (κ3) is 5.65. The minimum absolute atomic E-state index is 0.268. The second-order valence-corrected chi connectivity index (χ2v) is 6.31. The van der Waals surface area contributed by atoms with Gasteiger partial charge in [0.25, 0.3) is 5.91 Å². The van der Waals surface area contributed by atoms with Crippen molar-refractivity contribution in [2.24, 2.45) is 0 Å². The van der Waals surface area contributed by atoms with Crippen LogP contribution >= 0.6 is 0 Å². The molecule has 3 amide bonds. The number of hydrogen-bond acceptors (Lipinski definition) is 6. The fraction of sp³-hybridized carbons (Fsp3) is 0.238. The van der Waals surface area contributed by atoms with Crippen LogP contribution in [0.5, 0.6) is 5.75 Å². The first kappa shape index (κ1) is 20.1. The van der Waals surface area contributed by atoms with E-state index in [0.29, 0.717) is 18.9 Å². The fourth-order valence-corrected chi connectivity index (χ4v) is 2.65. The molecule has 8 nitrogen and oxygen atoms in total. The second kappa shape index (κ2) is 9.50. The van der Waals surface area contributed by atoms with Crippen molar-refractivity contribution in [3.8, 4) is 5.75 Å². The fourth-order valence-electron chi connectivity index (χ4n) is 2.65. The van der Waals surface area contributed by atoms with Gasteiger partial charge < -0.3 is 14.8 Å². The molecule has 1 aromatic carbocycles. The summed E-state index contributed by atoms with van der Waals surface area (Å²) in [5.74, 6) is -0.532. The van der Waals surface area contributed by atoms with Gasteiger partial charge in [-0.05, 0) is 42.8 Å². The van der Waals surface area contributed by atoms with Gasteiger partial charge in [-0.25, -0.2) is 9.59 Å². The predicted octanol–water partition coefficient (Wildman–Crippen LogP) is 2.16. The quantitative estimate of drug-likeness (QED) is 0.570. The number of rotatable bonds is 7. The van der Waals surface area contributed by atoms with Crippen molar-refractivity contribution in [1.82, 2.24) is 15.2 Å². The van der Waals surface area contributed by atoms with Crippen LogP contribution in [0.15, 0.2) is 54.7 Å². The summed E-state index contributed by atoms with van der Waals surface area (Å²) < 4.78 is 10.7. The molecule has 0 saturated carbocycles. The first-order valence-electron chi connectivity index (χ1n) is 9.13. The van der Waals surface area contributed by atoms with E-state index in [1.807, 2.05) is 18.2 Å². The summed E-state index contributed by atoms with van der Waals surface area (Å²) in [7, 11) is 0. The molecule has 0 spiro atoms. The molecule has 3 rings (SSSR count). The zero-order valence-corrected chi connectivity index (χ0v) is 15.9. The van der Waals surface area contributed by atoms with E-state index in [9.17, 15) is 14.4 Å². The third-order valence-electron chi connectivity index (χ3n) is 4.17. The normalized spacial score (nSPS) is 14.5. The Bertz CT molecular complexity index is 896. The lowest BCUT2D eigenvalue weighted by Gasteiger charge is -2.17. The molecule has 29 heavy (non-hydrogen) atoms. The summed E-state index contributed by atoms with van der Waals surface area (Å²) in [6.07, 6.45) is 3.47. The highest BCUT2D eigenvalue weighted by Gasteiger charge is 2.31. The monoisotopic (exact) mass is 395 g/mol. The van der Waals surface area contributed by atoms with Gasteiger partial charge in [0, 0.05) is 25.4 Å². The van der Waals surface area contributed by atoms with Gasteiger partial charge in [-0.15, -0.1) is 0 Å². The van der Waals surface area contributed by atoms with E-state index in [1.54, 1.807) is 36.5 Å². The van der Waals surface area contributed by atoms with E-state index >= 15 is 0 Å². The summed E-state index contributed by atoms with van der Waals surface area (Å²) in [4.78, 5) is 40.8. The standard InChI is InChI=1S/C21H21N3O5/c1-15(20(26)24-13-12-23-21(24)27)29-19(25)10-7-16-5-8-18(9-6-16)28-14-17-4-2-3-11-22-17/h2-11,15H,12-14H2,1H3,(H,23,27). The van der Waals surface area contributed by atoms with Gasteiger partial charge in [-0.1, -0.05) is 18.2 Å². The molecular formula is C21H21N3O5. The molecule has 0 radical (unpaired) electrons. The predicted molar refractivity (Wildman–Crippen MR) is 105 cm³/mol. The average molecular weight is 395 g/mol. The second-order valence-electron chi connectivity index (χ2n) is 6.31. The molecule has 1 N–H and O–H groups in total. The van der Waals surface area contributed by atoms with E-state index in [2.05, 4.69) is 10.3 Å². The number of nitrogens with zero attached hydrogens (tertiary/aromatic N) is 2. The number of amides is 3. The van der Waals surface area contributed by atoms with E-state index in [-0.39, 0.29) is 6.54 Å². The van der Waals surface area contributed by atoms with Gasteiger partial charge in [0.05, 0.1) is 5.69 Å². The number of ether oxygens (including phenoxy) is 2. The molecule has 0 aliphatic carbocycles. The molecule has 1 aliphatic rings. The summed E-state index contributed by atoms with van der Waals surface area (Å²) in [5.41, 5.74) is 1.60. The van der Waals surface area contributed by atoms with Crippen molar-refractivity contribution in [2.75, 3.05) is 13.1 Å². The Morgan fingerprint density at radius 2 is 2.03 bits per heavy atom. The van der Waals surface area contributed by atoms with Crippen LogP contribution in [0.4, 0.5) is 4.79 Å². The van der Waals surface area contributed by atoms with E-state index in [0.717, 1.165) is 16.2 Å². The van der Waals surface area contributed by atoms with Crippen LogP contribution in [0, 0.1) is 0 Å². The highest BCUT2D eigenvalue weighted by atomic mass is 16.5. The molecule has 150 valence electrons. The molecule has 2 heterocycles.